The van der Waals surface area contributed by atoms with Gasteiger partial charge < -0.3 is 0 Å². The van der Waals surface area contributed by atoms with Gasteiger partial charge in [0.2, 0.25) is 0 Å². The molecule has 0 N–H and O–H groups in total. The zero-order chi connectivity index (χ0) is 24.4. The summed E-state index contributed by atoms with van der Waals surface area (Å²) in [6.45, 7) is 42.3. The third-order valence-electron chi connectivity index (χ3n) is 3.03. The fraction of sp³-hybridized carbons (Fsp3) is 1.00. The molecule has 0 aromatic carbocycles. The molecule has 0 aromatic rings. The van der Waals surface area contributed by atoms with Crippen LogP contribution in [0.2, 0.25) is 0 Å². The van der Waals surface area contributed by atoms with Crippen LogP contribution in [0.4, 0.5) is 0 Å². The van der Waals surface area contributed by atoms with Crippen molar-refractivity contribution in [1.82, 2.24) is 0 Å². The average molecular weight is 515 g/mol. The standard InChI is InChI=1S/C10H22.C6H14.C5H12.C4H10.C3H8.7CH4/c1-7-10(5,6)8-9(2,3)4;1-5-6(2,3)4;1-5(2,3)4;1-4(2)3;1-3-2;;;;;;;/h7-8H2,1-6H3;5H2,1-4H3;1-4H3;4H,1-3H3;3H2,1-2H3;7*1H4. The van der Waals surface area contributed by atoms with Crippen molar-refractivity contribution in [1.29, 1.82) is 0 Å². The van der Waals surface area contributed by atoms with Gasteiger partial charge in [0, 0.05) is 0 Å². The molecule has 35 heavy (non-hydrogen) atoms. The van der Waals surface area contributed by atoms with Crippen LogP contribution in [0.15, 0.2) is 0 Å². The van der Waals surface area contributed by atoms with Gasteiger partial charge in [-0.1, -0.05) is 203 Å². The molecule has 0 fully saturated rings. The van der Waals surface area contributed by atoms with Crippen LogP contribution < -0.4 is 0 Å². The lowest BCUT2D eigenvalue weighted by atomic mass is 9.75. The topological polar surface area (TPSA) is 0 Å². The van der Waals surface area contributed by atoms with Crippen LogP contribution in [0, 0.1) is 27.6 Å². The molecule has 0 radical (unpaired) electrons. The number of hydrogen-bond acceptors (Lipinski definition) is 0. The van der Waals surface area contributed by atoms with Crippen LogP contribution >= 0.6 is 0 Å². The fourth-order valence-electron chi connectivity index (χ4n) is 1.56. The summed E-state index contributed by atoms with van der Waals surface area (Å²) >= 11 is 0. The maximum atomic E-state index is 2.35. The monoisotopic (exact) mass is 515 g/mol. The minimum atomic E-state index is 0. The van der Waals surface area contributed by atoms with Gasteiger partial charge in [-0.15, -0.1) is 0 Å². The first kappa shape index (κ1) is 76.5. The summed E-state index contributed by atoms with van der Waals surface area (Å²) in [7, 11) is 0. The maximum Gasteiger partial charge on any atom is -0.0352 e. The van der Waals surface area contributed by atoms with E-state index in [9.17, 15) is 0 Å². The van der Waals surface area contributed by atoms with Crippen molar-refractivity contribution in [2.24, 2.45) is 27.6 Å². The van der Waals surface area contributed by atoms with E-state index in [1.54, 1.807) is 0 Å². The fourth-order valence-corrected chi connectivity index (χ4v) is 1.56. The van der Waals surface area contributed by atoms with Gasteiger partial charge in [0.15, 0.2) is 0 Å². The predicted molar refractivity (Wildman–Crippen MR) is 187 cm³/mol. The van der Waals surface area contributed by atoms with Crippen molar-refractivity contribution in [2.45, 2.75) is 209 Å². The van der Waals surface area contributed by atoms with E-state index in [2.05, 4.69) is 132 Å². The molecule has 0 nitrogen and oxygen atoms in total. The van der Waals surface area contributed by atoms with Gasteiger partial charge in [-0.05, 0) is 34.0 Å². The second-order valence-corrected chi connectivity index (χ2v) is 13.6. The number of rotatable bonds is 2. The summed E-state index contributed by atoms with van der Waals surface area (Å²) < 4.78 is 0. The highest BCUT2D eigenvalue weighted by Crippen LogP contribution is 2.35. The molecule has 0 heteroatoms. The molecule has 0 rings (SSSR count). The summed E-state index contributed by atoms with van der Waals surface area (Å²) in [6, 6.07) is 0. The van der Waals surface area contributed by atoms with Crippen LogP contribution in [-0.4, -0.2) is 0 Å². The molecule has 0 unspecified atom stereocenters. The van der Waals surface area contributed by atoms with Crippen molar-refractivity contribution in [3.63, 3.8) is 0 Å². The van der Waals surface area contributed by atoms with Crippen LogP contribution in [0.5, 0.6) is 0 Å². The molecule has 0 bridgehead atoms. The smallest absolute Gasteiger partial charge is 0.0352 e. The summed E-state index contributed by atoms with van der Waals surface area (Å²) in [4.78, 5) is 0. The van der Waals surface area contributed by atoms with Crippen LogP contribution in [0.3, 0.4) is 0 Å². The molecule has 0 spiro atoms. The van der Waals surface area contributed by atoms with Crippen LogP contribution in [-0.2, 0) is 0 Å². The van der Waals surface area contributed by atoms with E-state index in [1.165, 1.54) is 25.7 Å². The van der Waals surface area contributed by atoms with Gasteiger partial charge >= 0.3 is 0 Å². The predicted octanol–water partition coefficient (Wildman–Crippen LogP) is 15.9. The first-order valence-electron chi connectivity index (χ1n) is 12.0. The molecule has 0 amide bonds. The average Bonchev–Trinajstić information content (AvgIpc) is 2.34. The summed E-state index contributed by atoms with van der Waals surface area (Å²) in [5, 5.41) is 0. The maximum absolute atomic E-state index is 2.35. The molecule has 0 heterocycles. The van der Waals surface area contributed by atoms with E-state index in [0.29, 0.717) is 21.7 Å². The van der Waals surface area contributed by atoms with Gasteiger partial charge in [0.05, 0.1) is 0 Å². The Morgan fingerprint density at radius 3 is 0.600 bits per heavy atom. The Bertz CT molecular complexity index is 264. The Morgan fingerprint density at radius 2 is 0.571 bits per heavy atom. The van der Waals surface area contributed by atoms with Gasteiger partial charge in [0.1, 0.15) is 0 Å². The largest absolute Gasteiger partial charge is 0.0776 e. The molecule has 0 saturated carbocycles. The highest BCUT2D eigenvalue weighted by molar-refractivity contribution is 4.74. The minimum Gasteiger partial charge on any atom is -0.0776 e. The van der Waals surface area contributed by atoms with Crippen molar-refractivity contribution in [3.8, 4) is 0 Å². The van der Waals surface area contributed by atoms with E-state index in [4.69, 9.17) is 0 Å². The van der Waals surface area contributed by atoms with E-state index < -0.39 is 0 Å². The normalized spacial score (nSPS) is 9.26. The lowest BCUT2D eigenvalue weighted by Gasteiger charge is -2.31. The molecule has 0 atom stereocenters. The Morgan fingerprint density at radius 1 is 0.429 bits per heavy atom. The molecule has 0 aromatic heterocycles. The van der Waals surface area contributed by atoms with E-state index in [1.807, 2.05) is 0 Å². The Kier molecular flexibility index (Phi) is 84.2. The highest BCUT2D eigenvalue weighted by atomic mass is 14.3. The second kappa shape index (κ2) is 38.5. The second-order valence-electron chi connectivity index (χ2n) is 13.6. The van der Waals surface area contributed by atoms with E-state index in [-0.39, 0.29) is 52.0 Å². The molecule has 0 aliphatic carbocycles. The zero-order valence-electron chi connectivity index (χ0n) is 24.4. The molecule has 0 aliphatic heterocycles. The third kappa shape index (κ3) is 242. The van der Waals surface area contributed by atoms with Crippen molar-refractivity contribution in [3.05, 3.63) is 0 Å². The summed E-state index contributed by atoms with van der Waals surface area (Å²) in [5.41, 5.74) is 2.05. The number of hydrogen-bond donors (Lipinski definition) is 0. The first-order chi connectivity index (χ1) is 12.0. The Hall–Kier alpha value is 0. The quantitative estimate of drug-likeness (QED) is 0.343. The third-order valence-corrected chi connectivity index (χ3v) is 3.03. The van der Waals surface area contributed by atoms with Crippen molar-refractivity contribution in [2.75, 3.05) is 0 Å². The van der Waals surface area contributed by atoms with Gasteiger partial charge in [-0.2, -0.15) is 0 Å². The molecule has 0 saturated heterocycles. The summed E-state index contributed by atoms with van der Waals surface area (Å²) in [5.74, 6) is 0.833. The first-order valence-corrected chi connectivity index (χ1v) is 12.0. The molecule has 0 aliphatic rings. The SMILES string of the molecule is C.C.C.C.C.C.C.CC(C)(C)C.CC(C)C.CCC.CCC(C)(C)C.CCC(C)(C)CC(C)(C)C. The van der Waals surface area contributed by atoms with Gasteiger partial charge in [-0.25, -0.2) is 0 Å². The van der Waals surface area contributed by atoms with Crippen LogP contribution in [0.1, 0.15) is 209 Å². The molecule has 234 valence electrons. The minimum absolute atomic E-state index is 0. The Balaban J connectivity index is -0.0000000190. The van der Waals surface area contributed by atoms with Crippen molar-refractivity contribution >= 4 is 0 Å². The van der Waals surface area contributed by atoms with E-state index in [0.717, 1.165) is 5.92 Å². The molecular weight excluding hydrogens is 420 g/mol. The lowest BCUT2D eigenvalue weighted by molar-refractivity contribution is 0.206. The molecular formula is C35H94. The van der Waals surface area contributed by atoms with Crippen LogP contribution in [0.25, 0.3) is 0 Å². The Labute approximate surface area is 236 Å². The lowest BCUT2D eigenvalue weighted by Crippen LogP contribution is -2.19. The highest BCUT2D eigenvalue weighted by Gasteiger charge is 2.23. The van der Waals surface area contributed by atoms with Gasteiger partial charge in [0.25, 0.3) is 0 Å². The van der Waals surface area contributed by atoms with Crippen molar-refractivity contribution < 1.29 is 0 Å². The zero-order valence-corrected chi connectivity index (χ0v) is 24.4. The van der Waals surface area contributed by atoms with Gasteiger partial charge in [-0.3, -0.25) is 0 Å². The summed E-state index contributed by atoms with van der Waals surface area (Å²) in [6.07, 6.45) is 5.12. The van der Waals surface area contributed by atoms with E-state index >= 15 is 0 Å².